The van der Waals surface area contributed by atoms with Gasteiger partial charge < -0.3 is 10.2 Å². The first-order valence-corrected chi connectivity index (χ1v) is 7.44. The van der Waals surface area contributed by atoms with Gasteiger partial charge in [-0.2, -0.15) is 0 Å². The number of halogens is 2. The van der Waals surface area contributed by atoms with Crippen molar-refractivity contribution in [1.29, 1.82) is 0 Å². The molecule has 1 N–H and O–H groups in total. The highest BCUT2D eigenvalue weighted by atomic mass is 35.5. The van der Waals surface area contributed by atoms with Gasteiger partial charge in [0.15, 0.2) is 0 Å². The number of carbonyl (C=O) groups is 1. The van der Waals surface area contributed by atoms with Crippen LogP contribution in [0, 0.1) is 0 Å². The van der Waals surface area contributed by atoms with E-state index < -0.39 is 0 Å². The molecule has 1 saturated heterocycles. The maximum Gasteiger partial charge on any atom is 0.246 e. The van der Waals surface area contributed by atoms with Gasteiger partial charge in [-0.25, -0.2) is 0 Å². The highest BCUT2D eigenvalue weighted by molar-refractivity contribution is 6.34. The van der Waals surface area contributed by atoms with Gasteiger partial charge >= 0.3 is 0 Å². The maximum atomic E-state index is 12.2. The molecule has 1 amide bonds. The smallest absolute Gasteiger partial charge is 0.246 e. The lowest BCUT2D eigenvalue weighted by molar-refractivity contribution is -0.127. The van der Waals surface area contributed by atoms with Crippen LogP contribution in [-0.2, 0) is 4.79 Å². The highest BCUT2D eigenvalue weighted by Crippen LogP contribution is 2.22. The summed E-state index contributed by atoms with van der Waals surface area (Å²) in [7, 11) is 1.85. The molecule has 1 aromatic rings. The lowest BCUT2D eigenvalue weighted by Gasteiger charge is -2.30. The molecule has 1 fully saturated rings. The Balaban J connectivity index is 2.02. The summed E-state index contributed by atoms with van der Waals surface area (Å²) in [5, 5.41) is 4.48. The van der Waals surface area contributed by atoms with E-state index in [1.807, 2.05) is 7.05 Å². The second-order valence-electron chi connectivity index (χ2n) is 4.93. The third kappa shape index (κ3) is 3.98. The van der Waals surface area contributed by atoms with Crippen molar-refractivity contribution in [2.24, 2.45) is 0 Å². The molecular weight excluding hydrogens is 295 g/mol. The maximum absolute atomic E-state index is 12.2. The Morgan fingerprint density at radius 3 is 2.75 bits per heavy atom. The van der Waals surface area contributed by atoms with Crippen LogP contribution in [0.15, 0.2) is 24.3 Å². The summed E-state index contributed by atoms with van der Waals surface area (Å²) >= 11 is 12.0. The summed E-state index contributed by atoms with van der Waals surface area (Å²) in [5.74, 6) is -0.00654. The fourth-order valence-corrected chi connectivity index (χ4v) is 2.66. The van der Waals surface area contributed by atoms with Crippen LogP contribution in [-0.4, -0.2) is 37.0 Å². The minimum Gasteiger partial charge on any atom is -0.339 e. The van der Waals surface area contributed by atoms with Crippen LogP contribution in [0.1, 0.15) is 18.4 Å². The van der Waals surface area contributed by atoms with E-state index in [-0.39, 0.29) is 5.91 Å². The van der Waals surface area contributed by atoms with Gasteiger partial charge in [0, 0.05) is 29.2 Å². The van der Waals surface area contributed by atoms with Crippen LogP contribution < -0.4 is 5.32 Å². The molecule has 2 rings (SSSR count). The molecule has 0 unspecified atom stereocenters. The second kappa shape index (κ2) is 7.11. The molecular formula is C15H18Cl2N2O. The summed E-state index contributed by atoms with van der Waals surface area (Å²) in [6, 6.07) is 5.51. The minimum absolute atomic E-state index is 0.00654. The van der Waals surface area contributed by atoms with E-state index >= 15 is 0 Å². The normalized spacial score (nSPS) is 16.6. The third-order valence-corrected chi connectivity index (χ3v) is 4.15. The molecule has 0 aromatic heterocycles. The van der Waals surface area contributed by atoms with E-state index in [4.69, 9.17) is 23.2 Å². The number of piperidine rings is 1. The Morgan fingerprint density at radius 1 is 1.35 bits per heavy atom. The molecule has 1 aromatic carbocycles. The van der Waals surface area contributed by atoms with Crippen LogP contribution in [0.3, 0.4) is 0 Å². The Hall–Kier alpha value is -1.03. The van der Waals surface area contributed by atoms with E-state index in [1.165, 1.54) is 0 Å². The number of carbonyl (C=O) groups excluding carboxylic acids is 1. The number of likely N-dealkylation sites (N-methyl/N-ethyl adjacent to an activating group) is 1. The number of nitrogens with zero attached hydrogens (tertiary/aromatic N) is 1. The molecule has 20 heavy (non-hydrogen) atoms. The standard InChI is InChI=1S/C15H18Cl2N2O/c1-19(13-6-8-18-9-7-13)15(20)5-2-11-10-12(16)3-4-14(11)17/h2-5,10,13,18H,6-9H2,1H3/b5-2+. The SMILES string of the molecule is CN(C(=O)/C=C/c1cc(Cl)ccc1Cl)C1CCNCC1. The van der Waals surface area contributed by atoms with E-state index in [2.05, 4.69) is 5.32 Å². The summed E-state index contributed by atoms with van der Waals surface area (Å²) in [4.78, 5) is 14.0. The predicted octanol–water partition coefficient (Wildman–Crippen LogP) is 3.22. The molecule has 0 aliphatic carbocycles. The third-order valence-electron chi connectivity index (χ3n) is 3.57. The van der Waals surface area contributed by atoms with Crippen LogP contribution in [0.4, 0.5) is 0 Å². The van der Waals surface area contributed by atoms with Gasteiger partial charge in [-0.05, 0) is 55.8 Å². The van der Waals surface area contributed by atoms with Crippen molar-refractivity contribution in [3.63, 3.8) is 0 Å². The van der Waals surface area contributed by atoms with E-state index in [0.717, 1.165) is 31.5 Å². The number of nitrogens with one attached hydrogen (secondary N) is 1. The van der Waals surface area contributed by atoms with Crippen molar-refractivity contribution < 1.29 is 4.79 Å². The molecule has 0 spiro atoms. The van der Waals surface area contributed by atoms with Gasteiger partial charge in [-0.15, -0.1) is 0 Å². The Kier molecular flexibility index (Phi) is 5.46. The van der Waals surface area contributed by atoms with Gasteiger partial charge in [0.2, 0.25) is 5.91 Å². The number of benzene rings is 1. The zero-order valence-electron chi connectivity index (χ0n) is 11.4. The Morgan fingerprint density at radius 2 is 2.05 bits per heavy atom. The largest absolute Gasteiger partial charge is 0.339 e. The van der Waals surface area contributed by atoms with Crippen molar-refractivity contribution in [3.05, 3.63) is 39.9 Å². The monoisotopic (exact) mass is 312 g/mol. The fraction of sp³-hybridized carbons (Fsp3) is 0.400. The molecule has 1 aliphatic rings. The molecule has 1 aliphatic heterocycles. The first-order chi connectivity index (χ1) is 9.58. The first kappa shape index (κ1) is 15.4. The van der Waals surface area contributed by atoms with Gasteiger partial charge in [0.1, 0.15) is 0 Å². The molecule has 3 nitrogen and oxygen atoms in total. The van der Waals surface area contributed by atoms with Crippen molar-refractivity contribution in [2.75, 3.05) is 20.1 Å². The van der Waals surface area contributed by atoms with Gasteiger partial charge in [-0.3, -0.25) is 4.79 Å². The number of rotatable bonds is 3. The van der Waals surface area contributed by atoms with E-state index in [0.29, 0.717) is 16.1 Å². The highest BCUT2D eigenvalue weighted by Gasteiger charge is 2.20. The topological polar surface area (TPSA) is 32.3 Å². The zero-order chi connectivity index (χ0) is 14.5. The van der Waals surface area contributed by atoms with Crippen molar-refractivity contribution in [2.45, 2.75) is 18.9 Å². The molecule has 5 heteroatoms. The summed E-state index contributed by atoms with van der Waals surface area (Å²) in [5.41, 5.74) is 0.756. The van der Waals surface area contributed by atoms with Crippen LogP contribution in [0.5, 0.6) is 0 Å². The van der Waals surface area contributed by atoms with E-state index in [9.17, 15) is 4.79 Å². The van der Waals surface area contributed by atoms with Crippen molar-refractivity contribution in [1.82, 2.24) is 10.2 Å². The number of amides is 1. The molecule has 0 radical (unpaired) electrons. The van der Waals surface area contributed by atoms with Crippen LogP contribution in [0.25, 0.3) is 6.08 Å². The molecule has 0 saturated carbocycles. The van der Waals surface area contributed by atoms with E-state index in [1.54, 1.807) is 35.3 Å². The van der Waals surface area contributed by atoms with Gasteiger partial charge in [-0.1, -0.05) is 23.2 Å². The minimum atomic E-state index is -0.00654. The lowest BCUT2D eigenvalue weighted by atomic mass is 10.1. The molecule has 1 heterocycles. The number of hydrogen-bond acceptors (Lipinski definition) is 2. The summed E-state index contributed by atoms with van der Waals surface area (Å²) in [6.07, 6.45) is 5.26. The Bertz CT molecular complexity index is 511. The van der Waals surface area contributed by atoms with Crippen molar-refractivity contribution in [3.8, 4) is 0 Å². The predicted molar refractivity (Wildman–Crippen MR) is 84.2 cm³/mol. The van der Waals surface area contributed by atoms with Gasteiger partial charge in [0.25, 0.3) is 0 Å². The molecule has 108 valence electrons. The molecule has 0 atom stereocenters. The zero-order valence-corrected chi connectivity index (χ0v) is 12.9. The number of hydrogen-bond donors (Lipinski definition) is 1. The fourth-order valence-electron chi connectivity index (χ4n) is 2.29. The van der Waals surface area contributed by atoms with Crippen LogP contribution in [0.2, 0.25) is 10.0 Å². The second-order valence-corrected chi connectivity index (χ2v) is 5.77. The first-order valence-electron chi connectivity index (χ1n) is 6.68. The average Bonchev–Trinajstić information content (AvgIpc) is 2.48. The van der Waals surface area contributed by atoms with Crippen molar-refractivity contribution >= 4 is 35.2 Å². The quantitative estimate of drug-likeness (QED) is 0.869. The summed E-state index contributed by atoms with van der Waals surface area (Å²) < 4.78 is 0. The lowest BCUT2D eigenvalue weighted by Crippen LogP contribution is -2.43. The van der Waals surface area contributed by atoms with Crippen LogP contribution >= 0.6 is 23.2 Å². The Labute approximate surface area is 129 Å². The summed E-state index contributed by atoms with van der Waals surface area (Å²) in [6.45, 7) is 1.93. The molecule has 0 bridgehead atoms. The average molecular weight is 313 g/mol. The van der Waals surface area contributed by atoms with Gasteiger partial charge in [0.05, 0.1) is 0 Å².